The molecule has 1 N–H and O–H groups in total. The smallest absolute Gasteiger partial charge is 0.310 e. The Hall–Kier alpha value is -1.03. The maximum atomic E-state index is 10.8. The third-order valence-electron chi connectivity index (χ3n) is 2.04. The Labute approximate surface area is 90.8 Å². The fourth-order valence-electron chi connectivity index (χ4n) is 1.24. The largest absolute Gasteiger partial charge is 0.496 e. The van der Waals surface area contributed by atoms with Crippen LogP contribution in [0.3, 0.4) is 0 Å². The highest BCUT2D eigenvalue weighted by Crippen LogP contribution is 2.33. The van der Waals surface area contributed by atoms with Crippen molar-refractivity contribution in [2.45, 2.75) is 12.8 Å². The van der Waals surface area contributed by atoms with Crippen LogP contribution >= 0.6 is 15.9 Å². The topological polar surface area (TPSA) is 46.5 Å². The third-order valence-corrected chi connectivity index (χ3v) is 2.73. The minimum absolute atomic E-state index is 0.583. The molecule has 0 spiro atoms. The summed E-state index contributed by atoms with van der Waals surface area (Å²) in [5.41, 5.74) is 0.669. The lowest BCUT2D eigenvalue weighted by atomic mass is 10.0. The maximum Gasteiger partial charge on any atom is 0.310 e. The van der Waals surface area contributed by atoms with E-state index in [0.717, 1.165) is 4.47 Å². The molecule has 1 rings (SSSR count). The van der Waals surface area contributed by atoms with Crippen molar-refractivity contribution in [3.8, 4) is 5.75 Å². The van der Waals surface area contributed by atoms with Crippen molar-refractivity contribution in [3.05, 3.63) is 28.2 Å². The number of carbonyl (C=O) groups is 1. The number of hydrogen-bond donors (Lipinski definition) is 1. The molecule has 0 fully saturated rings. The molecule has 4 heteroatoms. The summed E-state index contributed by atoms with van der Waals surface area (Å²) in [7, 11) is 1.53. The quantitative estimate of drug-likeness (QED) is 0.907. The Morgan fingerprint density at radius 2 is 2.21 bits per heavy atom. The molecule has 76 valence electrons. The van der Waals surface area contributed by atoms with Crippen LogP contribution in [0.2, 0.25) is 0 Å². The molecule has 0 aromatic heterocycles. The fraction of sp³-hybridized carbons (Fsp3) is 0.300. The van der Waals surface area contributed by atoms with Crippen molar-refractivity contribution in [1.82, 2.24) is 0 Å². The zero-order valence-corrected chi connectivity index (χ0v) is 9.54. The summed E-state index contributed by atoms with van der Waals surface area (Å²) in [5.74, 6) is -0.856. The van der Waals surface area contributed by atoms with Crippen molar-refractivity contribution < 1.29 is 14.6 Å². The van der Waals surface area contributed by atoms with Crippen molar-refractivity contribution in [1.29, 1.82) is 0 Å². The Kier molecular flexibility index (Phi) is 3.52. The molecule has 0 heterocycles. The Balaban J connectivity index is 3.23. The summed E-state index contributed by atoms with van der Waals surface area (Å²) in [5, 5.41) is 8.90. The van der Waals surface area contributed by atoms with E-state index >= 15 is 0 Å². The molecule has 0 aliphatic carbocycles. The van der Waals surface area contributed by atoms with E-state index in [1.54, 1.807) is 25.1 Å². The van der Waals surface area contributed by atoms with E-state index in [0.29, 0.717) is 11.3 Å². The normalized spacial score (nSPS) is 12.2. The second-order valence-electron chi connectivity index (χ2n) is 2.92. The van der Waals surface area contributed by atoms with Gasteiger partial charge in [-0.25, -0.2) is 0 Å². The van der Waals surface area contributed by atoms with Crippen LogP contribution in [-0.2, 0) is 4.79 Å². The standard InChI is InChI=1S/C10H11BrO3/c1-6(10(12)13)9-7(11)4-3-5-8(9)14-2/h3-6H,1-2H3,(H,12,13). The van der Waals surface area contributed by atoms with Gasteiger partial charge in [0.1, 0.15) is 5.75 Å². The van der Waals surface area contributed by atoms with Gasteiger partial charge in [-0.3, -0.25) is 4.79 Å². The van der Waals surface area contributed by atoms with E-state index in [1.165, 1.54) is 7.11 Å². The molecule has 1 aromatic rings. The highest BCUT2D eigenvalue weighted by molar-refractivity contribution is 9.10. The number of hydrogen-bond acceptors (Lipinski definition) is 2. The number of methoxy groups -OCH3 is 1. The number of rotatable bonds is 3. The zero-order chi connectivity index (χ0) is 10.7. The Morgan fingerprint density at radius 3 is 2.71 bits per heavy atom. The predicted octanol–water partition coefficient (Wildman–Crippen LogP) is 2.65. The average molecular weight is 259 g/mol. The molecule has 0 radical (unpaired) electrons. The summed E-state index contributed by atoms with van der Waals surface area (Å²) >= 11 is 3.31. The van der Waals surface area contributed by atoms with E-state index in [2.05, 4.69) is 15.9 Å². The van der Waals surface area contributed by atoms with Gasteiger partial charge >= 0.3 is 5.97 Å². The first-order valence-electron chi connectivity index (χ1n) is 4.13. The molecule has 0 bridgehead atoms. The third kappa shape index (κ3) is 2.07. The SMILES string of the molecule is COc1cccc(Br)c1C(C)C(=O)O. The second kappa shape index (κ2) is 4.46. The van der Waals surface area contributed by atoms with Crippen LogP contribution < -0.4 is 4.74 Å². The van der Waals surface area contributed by atoms with Crippen LogP contribution in [0.4, 0.5) is 0 Å². The minimum Gasteiger partial charge on any atom is -0.496 e. The molecule has 0 aliphatic rings. The average Bonchev–Trinajstić information content (AvgIpc) is 2.16. The van der Waals surface area contributed by atoms with E-state index in [4.69, 9.17) is 9.84 Å². The molecule has 3 nitrogen and oxygen atoms in total. The number of ether oxygens (including phenoxy) is 1. The van der Waals surface area contributed by atoms with Gasteiger partial charge in [0.15, 0.2) is 0 Å². The van der Waals surface area contributed by atoms with Crippen LogP contribution in [0.15, 0.2) is 22.7 Å². The lowest BCUT2D eigenvalue weighted by Crippen LogP contribution is -2.09. The van der Waals surface area contributed by atoms with Gasteiger partial charge in [-0.1, -0.05) is 22.0 Å². The summed E-state index contributed by atoms with van der Waals surface area (Å²) in [4.78, 5) is 10.8. The van der Waals surface area contributed by atoms with Gasteiger partial charge in [0.2, 0.25) is 0 Å². The van der Waals surface area contributed by atoms with Gasteiger partial charge in [-0.05, 0) is 19.1 Å². The number of halogens is 1. The van der Waals surface area contributed by atoms with Crippen LogP contribution in [-0.4, -0.2) is 18.2 Å². The predicted molar refractivity (Wildman–Crippen MR) is 56.7 cm³/mol. The van der Waals surface area contributed by atoms with Gasteiger partial charge in [-0.15, -0.1) is 0 Å². The van der Waals surface area contributed by atoms with Gasteiger partial charge in [0.05, 0.1) is 13.0 Å². The van der Waals surface area contributed by atoms with Crippen LogP contribution in [0.1, 0.15) is 18.4 Å². The molecule has 1 aromatic carbocycles. The number of benzene rings is 1. The Morgan fingerprint density at radius 1 is 1.57 bits per heavy atom. The van der Waals surface area contributed by atoms with Gasteiger partial charge < -0.3 is 9.84 Å². The molecule has 14 heavy (non-hydrogen) atoms. The van der Waals surface area contributed by atoms with Crippen LogP contribution in [0, 0.1) is 0 Å². The fourth-order valence-corrected chi connectivity index (χ4v) is 1.93. The molecular formula is C10H11BrO3. The first-order chi connectivity index (χ1) is 6.57. The minimum atomic E-state index is -0.866. The highest BCUT2D eigenvalue weighted by Gasteiger charge is 2.20. The van der Waals surface area contributed by atoms with E-state index in [9.17, 15) is 4.79 Å². The lowest BCUT2D eigenvalue weighted by Gasteiger charge is -2.13. The Bertz CT molecular complexity index is 349. The summed E-state index contributed by atoms with van der Waals surface area (Å²) < 4.78 is 5.86. The molecule has 0 amide bonds. The highest BCUT2D eigenvalue weighted by atomic mass is 79.9. The summed E-state index contributed by atoms with van der Waals surface area (Å²) in [6.07, 6.45) is 0. The van der Waals surface area contributed by atoms with E-state index in [-0.39, 0.29) is 0 Å². The second-order valence-corrected chi connectivity index (χ2v) is 3.77. The number of carboxylic acids is 1. The van der Waals surface area contributed by atoms with Crippen molar-refractivity contribution in [2.24, 2.45) is 0 Å². The molecule has 0 saturated heterocycles. The molecule has 1 atom stereocenters. The lowest BCUT2D eigenvalue weighted by molar-refractivity contribution is -0.138. The molecular weight excluding hydrogens is 248 g/mol. The monoisotopic (exact) mass is 258 g/mol. The summed E-state index contributed by atoms with van der Waals surface area (Å²) in [6.45, 7) is 1.63. The molecule has 0 aliphatic heterocycles. The van der Waals surface area contributed by atoms with Crippen LogP contribution in [0.25, 0.3) is 0 Å². The van der Waals surface area contributed by atoms with Crippen molar-refractivity contribution in [3.63, 3.8) is 0 Å². The van der Waals surface area contributed by atoms with Gasteiger partial charge in [0.25, 0.3) is 0 Å². The maximum absolute atomic E-state index is 10.8. The first kappa shape index (κ1) is 11.0. The van der Waals surface area contributed by atoms with Crippen LogP contribution in [0.5, 0.6) is 5.75 Å². The number of aliphatic carboxylic acids is 1. The van der Waals surface area contributed by atoms with Crippen molar-refractivity contribution >= 4 is 21.9 Å². The van der Waals surface area contributed by atoms with Gasteiger partial charge in [-0.2, -0.15) is 0 Å². The summed E-state index contributed by atoms with van der Waals surface area (Å²) in [6, 6.07) is 5.36. The van der Waals surface area contributed by atoms with E-state index in [1.807, 2.05) is 0 Å². The zero-order valence-electron chi connectivity index (χ0n) is 7.95. The van der Waals surface area contributed by atoms with Gasteiger partial charge in [0, 0.05) is 10.0 Å². The first-order valence-corrected chi connectivity index (χ1v) is 4.92. The van der Waals surface area contributed by atoms with E-state index < -0.39 is 11.9 Å². The number of carboxylic acid groups (broad SMARTS) is 1. The molecule has 0 saturated carbocycles. The van der Waals surface area contributed by atoms with Crippen molar-refractivity contribution in [2.75, 3.05) is 7.11 Å². The molecule has 1 unspecified atom stereocenters.